The first-order chi connectivity index (χ1) is 4.31. The maximum absolute atomic E-state index is 8.24. The van der Waals surface area contributed by atoms with Crippen molar-refractivity contribution in [1.82, 2.24) is 4.98 Å². The van der Waals surface area contributed by atoms with E-state index in [1.54, 1.807) is 0 Å². The van der Waals surface area contributed by atoms with Crippen molar-refractivity contribution in [1.29, 1.82) is 0 Å². The van der Waals surface area contributed by atoms with Crippen molar-refractivity contribution in [3.05, 3.63) is 24.0 Å². The van der Waals surface area contributed by atoms with Gasteiger partial charge in [-0.15, -0.1) is 6.20 Å². The van der Waals surface area contributed by atoms with Crippen LogP contribution in [0.3, 0.4) is 0 Å². The van der Waals surface area contributed by atoms with Crippen LogP contribution in [0.2, 0.25) is 0 Å². The predicted molar refractivity (Wildman–Crippen MR) is 32.7 cm³/mol. The molecule has 3 nitrogen and oxygen atoms in total. The van der Waals surface area contributed by atoms with E-state index in [4.69, 9.17) is 9.90 Å². The molecule has 1 radical (unpaired) electrons. The Morgan fingerprint density at radius 3 is 2.40 bits per heavy atom. The summed E-state index contributed by atoms with van der Waals surface area (Å²) < 4.78 is 0. The summed E-state index contributed by atoms with van der Waals surface area (Å²) in [6.07, 6.45) is 1.86. The van der Waals surface area contributed by atoms with Crippen LogP contribution in [0.4, 0.5) is 0 Å². The molecule has 4 heteroatoms. The van der Waals surface area contributed by atoms with Crippen molar-refractivity contribution in [3.63, 3.8) is 0 Å². The molecule has 1 rings (SSSR count). The summed E-state index contributed by atoms with van der Waals surface area (Å²) in [6.45, 7) is 2.47. The van der Waals surface area contributed by atoms with Crippen molar-refractivity contribution in [3.8, 4) is 0 Å². The van der Waals surface area contributed by atoms with Crippen LogP contribution in [-0.2, 0) is 37.5 Å². The minimum Gasteiger partial charge on any atom is -0.665 e. The first-order valence-corrected chi connectivity index (χ1v) is 2.34. The second kappa shape index (κ2) is 8.85. The molecule has 0 aromatic carbocycles. The maximum Gasteiger partial charge on any atom is 0 e. The monoisotopic (exact) mass is 214 g/mol. The molecule has 0 amide bonds. The normalized spacial score (nSPS) is 6.50. The summed E-state index contributed by atoms with van der Waals surface area (Å²) in [7, 11) is 0. The largest absolute Gasteiger partial charge is 0.665 e. The molecule has 0 saturated heterocycles. The van der Waals surface area contributed by atoms with Crippen molar-refractivity contribution in [2.45, 2.75) is 6.92 Å². The SMILES string of the molecule is Cc1[c-]cc[nH]1.O=[C-]O.[Y]. The van der Waals surface area contributed by atoms with E-state index in [2.05, 4.69) is 11.1 Å². The molecule has 0 fully saturated rings. The molecule has 0 unspecified atom stereocenters. The van der Waals surface area contributed by atoms with Crippen LogP contribution < -0.4 is 0 Å². The van der Waals surface area contributed by atoms with E-state index in [0.717, 1.165) is 5.69 Å². The van der Waals surface area contributed by atoms with E-state index < -0.39 is 0 Å². The number of rotatable bonds is 0. The average molecular weight is 214 g/mol. The third-order valence-electron chi connectivity index (χ3n) is 0.683. The fourth-order valence-corrected chi connectivity index (χ4v) is 0.375. The first-order valence-electron chi connectivity index (χ1n) is 2.34. The molecule has 0 spiro atoms. The number of H-pyrrole nitrogens is 1. The Labute approximate surface area is 84.7 Å². The van der Waals surface area contributed by atoms with Gasteiger partial charge in [-0.3, -0.25) is 0 Å². The fraction of sp³-hybridized carbons (Fsp3) is 0.167. The van der Waals surface area contributed by atoms with Gasteiger partial charge in [0, 0.05) is 32.7 Å². The first kappa shape index (κ1) is 12.5. The van der Waals surface area contributed by atoms with Crippen LogP contribution in [0.15, 0.2) is 12.3 Å². The number of aliphatic hydroxyl groups excluding tert-OH is 1. The van der Waals surface area contributed by atoms with Crippen molar-refractivity contribution in [2.75, 3.05) is 0 Å². The Hall–Kier alpha value is -0.146. The Bertz CT molecular complexity index is 151. The summed E-state index contributed by atoms with van der Waals surface area (Å²) in [4.78, 5) is 11.2. The number of aromatic amines is 1. The van der Waals surface area contributed by atoms with Gasteiger partial charge in [0.25, 0.3) is 0 Å². The molecule has 1 heterocycles. The van der Waals surface area contributed by atoms with Gasteiger partial charge in [-0.2, -0.15) is 0 Å². The van der Waals surface area contributed by atoms with E-state index in [0.29, 0.717) is 6.47 Å². The van der Waals surface area contributed by atoms with Crippen molar-refractivity contribution < 1.29 is 42.6 Å². The maximum atomic E-state index is 8.24. The van der Waals surface area contributed by atoms with E-state index >= 15 is 0 Å². The molecule has 0 saturated carbocycles. The zero-order valence-corrected chi connectivity index (χ0v) is 8.43. The Morgan fingerprint density at radius 1 is 1.80 bits per heavy atom. The van der Waals surface area contributed by atoms with Gasteiger partial charge in [-0.05, 0) is 6.92 Å². The smallest absolute Gasteiger partial charge is 0 e. The molecular formula is C6H7NO2Y-2. The zero-order valence-electron chi connectivity index (χ0n) is 5.59. The van der Waals surface area contributed by atoms with E-state index in [-0.39, 0.29) is 32.7 Å². The predicted octanol–water partition coefficient (Wildman–Crippen LogP) is 0.732. The molecule has 0 atom stereocenters. The van der Waals surface area contributed by atoms with Crippen LogP contribution in [0, 0.1) is 13.0 Å². The molecule has 0 aliphatic carbocycles. The van der Waals surface area contributed by atoms with Crippen LogP contribution in [-0.4, -0.2) is 16.6 Å². The summed E-state index contributed by atoms with van der Waals surface area (Å²) in [5.41, 5.74) is 1.09. The average Bonchev–Trinajstić information content (AvgIpc) is 2.20. The Balaban J connectivity index is 0. The number of aryl methyl sites for hydroxylation is 1. The minimum absolute atomic E-state index is 0. The third-order valence-corrected chi connectivity index (χ3v) is 0.683. The fourth-order valence-electron chi connectivity index (χ4n) is 0.375. The zero-order chi connectivity index (χ0) is 7.11. The van der Waals surface area contributed by atoms with Gasteiger partial charge in [-0.25, -0.2) is 12.1 Å². The van der Waals surface area contributed by atoms with Gasteiger partial charge in [-0.1, -0.05) is 12.2 Å². The molecule has 10 heavy (non-hydrogen) atoms. The molecule has 1 aromatic rings. The van der Waals surface area contributed by atoms with Gasteiger partial charge < -0.3 is 14.9 Å². The Morgan fingerprint density at radius 2 is 2.30 bits per heavy atom. The summed E-state index contributed by atoms with van der Waals surface area (Å²) in [6, 6.07) is 4.80. The van der Waals surface area contributed by atoms with Gasteiger partial charge in [0.1, 0.15) is 0 Å². The molecular weight excluding hydrogens is 207 g/mol. The number of hydrogen-bond acceptors (Lipinski definition) is 1. The minimum atomic E-state index is 0. The second-order valence-corrected chi connectivity index (χ2v) is 1.34. The van der Waals surface area contributed by atoms with Gasteiger partial charge >= 0.3 is 0 Å². The standard InChI is InChI=1S/C5H6N.CHO2.Y/c1-5-3-2-4-6-5;2-1-3;/h2,4,6H,1H3;(H,2,3);/q2*-1;. The third kappa shape index (κ3) is 7.85. The Kier molecular flexibility index (Phi) is 11.1. The van der Waals surface area contributed by atoms with E-state index in [1.807, 2.05) is 19.2 Å². The molecule has 2 N–H and O–H groups in total. The van der Waals surface area contributed by atoms with Gasteiger partial charge in [0.2, 0.25) is 0 Å². The van der Waals surface area contributed by atoms with Crippen LogP contribution in [0.25, 0.3) is 0 Å². The number of nitrogens with one attached hydrogen (secondary N) is 1. The molecule has 0 bridgehead atoms. The summed E-state index contributed by atoms with van der Waals surface area (Å²) in [5.74, 6) is 0. The van der Waals surface area contributed by atoms with Crippen molar-refractivity contribution >= 4 is 6.47 Å². The topological polar surface area (TPSA) is 53.1 Å². The quantitative estimate of drug-likeness (QED) is 0.625. The number of aromatic nitrogens is 1. The van der Waals surface area contributed by atoms with E-state index in [1.165, 1.54) is 0 Å². The molecule has 0 aliphatic rings. The number of hydrogen-bond donors (Lipinski definition) is 2. The van der Waals surface area contributed by atoms with Crippen LogP contribution in [0.5, 0.6) is 0 Å². The molecule has 0 aliphatic heterocycles. The molecule has 53 valence electrons. The van der Waals surface area contributed by atoms with Gasteiger partial charge in [0.05, 0.1) is 0 Å². The summed E-state index contributed by atoms with van der Waals surface area (Å²) in [5, 5.41) is 6.76. The van der Waals surface area contributed by atoms with Crippen LogP contribution >= 0.6 is 0 Å². The van der Waals surface area contributed by atoms with Crippen molar-refractivity contribution in [2.24, 2.45) is 0 Å². The van der Waals surface area contributed by atoms with E-state index in [9.17, 15) is 0 Å². The van der Waals surface area contributed by atoms with Gasteiger partial charge in [0.15, 0.2) is 0 Å². The summed E-state index contributed by atoms with van der Waals surface area (Å²) >= 11 is 0. The van der Waals surface area contributed by atoms with Crippen LogP contribution in [0.1, 0.15) is 5.69 Å². The second-order valence-electron chi connectivity index (χ2n) is 1.34. The molecule has 1 aromatic heterocycles.